The number of hydrogen-bond donors (Lipinski definition) is 2. The number of carbonyl (C=O) groups excluding carboxylic acids is 1. The van der Waals surface area contributed by atoms with Gasteiger partial charge >= 0.3 is 0 Å². The average Bonchev–Trinajstić information content (AvgIpc) is 2.83. The number of H-pyrrole nitrogens is 1. The molecule has 0 unspecified atom stereocenters. The van der Waals surface area contributed by atoms with E-state index < -0.39 is 0 Å². The van der Waals surface area contributed by atoms with Gasteiger partial charge in [-0.2, -0.15) is 5.10 Å². The van der Waals surface area contributed by atoms with Gasteiger partial charge in [0.2, 0.25) is 0 Å². The minimum Gasteiger partial charge on any atom is -0.350 e. The highest BCUT2D eigenvalue weighted by molar-refractivity contribution is 5.92. The lowest BCUT2D eigenvalue weighted by Crippen LogP contribution is -2.27. The molecule has 0 bridgehead atoms. The van der Waals surface area contributed by atoms with Gasteiger partial charge < -0.3 is 5.32 Å². The van der Waals surface area contributed by atoms with Crippen molar-refractivity contribution in [2.45, 2.75) is 24.7 Å². The molecular weight excluding hydrogens is 250 g/mol. The minimum atomic E-state index is -0.0594. The highest BCUT2D eigenvalue weighted by Gasteiger charge is 2.57. The summed E-state index contributed by atoms with van der Waals surface area (Å²) in [5.41, 5.74) is 3.89. The van der Waals surface area contributed by atoms with E-state index in [0.29, 0.717) is 17.0 Å². The molecule has 1 aromatic heterocycles. The summed E-state index contributed by atoms with van der Waals surface area (Å²) < 4.78 is 0. The van der Waals surface area contributed by atoms with Gasteiger partial charge in [0, 0.05) is 18.2 Å². The average molecular weight is 267 g/mol. The quantitative estimate of drug-likeness (QED) is 0.894. The highest BCUT2D eigenvalue weighted by atomic mass is 16.1. The third-order valence-corrected chi connectivity index (χ3v) is 4.88. The third kappa shape index (κ3) is 1.68. The van der Waals surface area contributed by atoms with Gasteiger partial charge in [-0.3, -0.25) is 9.89 Å². The summed E-state index contributed by atoms with van der Waals surface area (Å²) in [5, 5.41) is 9.52. The summed E-state index contributed by atoms with van der Waals surface area (Å²) in [6.45, 7) is 0.756. The fraction of sp³-hybridized carbons (Fsp3) is 0.375. The molecule has 0 aliphatic heterocycles. The standard InChI is InChI=1S/C16H17N3O/c20-15(14-6-8-18-19-14)17-10-12-9-16(12)7-5-11-3-1-2-4-13(11)16/h1-4,6,8,12H,5,7,9-10H2,(H,17,20)(H,18,19)/t12-,16-/m0/s1. The van der Waals surface area contributed by atoms with Crippen molar-refractivity contribution in [3.05, 3.63) is 53.3 Å². The number of hydrogen-bond acceptors (Lipinski definition) is 2. The van der Waals surface area contributed by atoms with Gasteiger partial charge in [-0.25, -0.2) is 0 Å². The Morgan fingerprint density at radius 3 is 3.15 bits per heavy atom. The first-order valence-corrected chi connectivity index (χ1v) is 7.15. The van der Waals surface area contributed by atoms with Gasteiger partial charge in [-0.15, -0.1) is 0 Å². The molecule has 1 heterocycles. The van der Waals surface area contributed by atoms with Crippen LogP contribution in [0.4, 0.5) is 0 Å². The van der Waals surface area contributed by atoms with E-state index in [2.05, 4.69) is 39.8 Å². The number of rotatable bonds is 3. The molecule has 20 heavy (non-hydrogen) atoms. The van der Waals surface area contributed by atoms with Crippen LogP contribution in [0, 0.1) is 5.92 Å². The van der Waals surface area contributed by atoms with E-state index in [9.17, 15) is 4.79 Å². The molecule has 1 amide bonds. The van der Waals surface area contributed by atoms with Crippen LogP contribution >= 0.6 is 0 Å². The highest BCUT2D eigenvalue weighted by Crippen LogP contribution is 2.61. The maximum Gasteiger partial charge on any atom is 0.269 e. The van der Waals surface area contributed by atoms with Crippen LogP contribution < -0.4 is 5.32 Å². The number of aromatic nitrogens is 2. The fourth-order valence-corrected chi connectivity index (χ4v) is 3.69. The first-order valence-electron chi connectivity index (χ1n) is 7.15. The molecule has 4 nitrogen and oxygen atoms in total. The summed E-state index contributed by atoms with van der Waals surface area (Å²) in [6, 6.07) is 10.4. The van der Waals surface area contributed by atoms with Gasteiger partial charge in [0.05, 0.1) is 0 Å². The van der Waals surface area contributed by atoms with Crippen LogP contribution in [-0.4, -0.2) is 22.6 Å². The van der Waals surface area contributed by atoms with Crippen molar-refractivity contribution in [2.24, 2.45) is 5.92 Å². The number of nitrogens with zero attached hydrogens (tertiary/aromatic N) is 1. The van der Waals surface area contributed by atoms with E-state index in [0.717, 1.165) is 6.54 Å². The zero-order valence-corrected chi connectivity index (χ0v) is 11.2. The van der Waals surface area contributed by atoms with Crippen molar-refractivity contribution < 1.29 is 4.79 Å². The maximum atomic E-state index is 11.9. The first kappa shape index (κ1) is 11.7. The predicted molar refractivity (Wildman–Crippen MR) is 75.5 cm³/mol. The number of aryl methyl sites for hydroxylation is 1. The smallest absolute Gasteiger partial charge is 0.269 e. The van der Waals surface area contributed by atoms with Crippen LogP contribution in [0.1, 0.15) is 34.5 Å². The van der Waals surface area contributed by atoms with E-state index in [1.807, 2.05) is 0 Å². The molecule has 2 aliphatic rings. The number of amides is 1. The molecule has 0 radical (unpaired) electrons. The van der Waals surface area contributed by atoms with Gasteiger partial charge in [-0.05, 0) is 42.4 Å². The molecule has 1 aromatic carbocycles. The van der Waals surface area contributed by atoms with Crippen LogP contribution in [0.25, 0.3) is 0 Å². The van der Waals surface area contributed by atoms with E-state index in [1.165, 1.54) is 30.4 Å². The Morgan fingerprint density at radius 2 is 2.30 bits per heavy atom. The molecule has 1 fully saturated rings. The second kappa shape index (κ2) is 4.20. The molecule has 102 valence electrons. The second-order valence-electron chi connectivity index (χ2n) is 5.89. The number of aromatic amines is 1. The largest absolute Gasteiger partial charge is 0.350 e. The van der Waals surface area contributed by atoms with Crippen molar-refractivity contribution in [1.29, 1.82) is 0 Å². The Bertz CT molecular complexity index is 650. The molecule has 2 N–H and O–H groups in total. The molecule has 2 aromatic rings. The van der Waals surface area contributed by atoms with E-state index in [4.69, 9.17) is 0 Å². The monoisotopic (exact) mass is 267 g/mol. The zero-order chi connectivity index (χ0) is 13.6. The lowest BCUT2D eigenvalue weighted by molar-refractivity contribution is 0.0946. The summed E-state index contributed by atoms with van der Waals surface area (Å²) in [5.74, 6) is 0.522. The van der Waals surface area contributed by atoms with E-state index in [1.54, 1.807) is 12.3 Å². The number of nitrogens with one attached hydrogen (secondary N) is 2. The third-order valence-electron chi connectivity index (χ3n) is 4.88. The predicted octanol–water partition coefficient (Wildman–Crippen LogP) is 2.04. The first-order chi connectivity index (χ1) is 9.79. The normalized spacial score (nSPS) is 26.5. The fourth-order valence-electron chi connectivity index (χ4n) is 3.69. The summed E-state index contributed by atoms with van der Waals surface area (Å²) in [6.07, 6.45) is 5.21. The van der Waals surface area contributed by atoms with Crippen molar-refractivity contribution >= 4 is 5.91 Å². The van der Waals surface area contributed by atoms with E-state index in [-0.39, 0.29) is 5.91 Å². The molecule has 4 heteroatoms. The summed E-state index contributed by atoms with van der Waals surface area (Å²) >= 11 is 0. The second-order valence-corrected chi connectivity index (χ2v) is 5.89. The molecule has 0 saturated heterocycles. The molecule has 1 saturated carbocycles. The molecular formula is C16H17N3O. The molecule has 2 aliphatic carbocycles. The minimum absolute atomic E-state index is 0.0594. The Kier molecular flexibility index (Phi) is 2.46. The molecule has 1 spiro atoms. The molecule has 2 atom stereocenters. The summed E-state index contributed by atoms with van der Waals surface area (Å²) in [7, 11) is 0. The number of carbonyl (C=O) groups is 1. The summed E-state index contributed by atoms with van der Waals surface area (Å²) in [4.78, 5) is 11.9. The number of fused-ring (bicyclic) bond motifs is 2. The Hall–Kier alpha value is -2.10. The Balaban J connectivity index is 1.43. The lowest BCUT2D eigenvalue weighted by Gasteiger charge is -2.11. The Morgan fingerprint density at radius 1 is 1.40 bits per heavy atom. The van der Waals surface area contributed by atoms with Crippen molar-refractivity contribution in [2.75, 3.05) is 6.54 Å². The Labute approximate surface area is 117 Å². The van der Waals surface area contributed by atoms with Crippen LogP contribution in [0.3, 0.4) is 0 Å². The maximum absolute atomic E-state index is 11.9. The van der Waals surface area contributed by atoms with Gasteiger partial charge in [0.15, 0.2) is 0 Å². The van der Waals surface area contributed by atoms with Gasteiger partial charge in [0.1, 0.15) is 5.69 Å². The van der Waals surface area contributed by atoms with Crippen molar-refractivity contribution in [3.63, 3.8) is 0 Å². The topological polar surface area (TPSA) is 57.8 Å². The van der Waals surface area contributed by atoms with Crippen LogP contribution in [0.5, 0.6) is 0 Å². The lowest BCUT2D eigenvalue weighted by atomic mass is 9.95. The molecule has 4 rings (SSSR count). The van der Waals surface area contributed by atoms with Crippen molar-refractivity contribution in [1.82, 2.24) is 15.5 Å². The van der Waals surface area contributed by atoms with Gasteiger partial charge in [0.25, 0.3) is 5.91 Å². The van der Waals surface area contributed by atoms with Gasteiger partial charge in [-0.1, -0.05) is 24.3 Å². The van der Waals surface area contributed by atoms with Crippen molar-refractivity contribution in [3.8, 4) is 0 Å². The SMILES string of the molecule is O=C(NC[C@@H]1C[C@@]12CCc1ccccc12)c1ccn[nH]1. The van der Waals surface area contributed by atoms with Crippen LogP contribution in [-0.2, 0) is 11.8 Å². The van der Waals surface area contributed by atoms with E-state index >= 15 is 0 Å². The van der Waals surface area contributed by atoms with Crippen LogP contribution in [0.15, 0.2) is 36.5 Å². The zero-order valence-electron chi connectivity index (χ0n) is 11.2. The van der Waals surface area contributed by atoms with Crippen LogP contribution in [0.2, 0.25) is 0 Å². The number of benzene rings is 1.